The lowest BCUT2D eigenvalue weighted by molar-refractivity contribution is -0.140. The largest absolute Gasteiger partial charge is 0.338 e. The Kier molecular flexibility index (Phi) is 4.26. The summed E-state index contributed by atoms with van der Waals surface area (Å²) in [6.45, 7) is 4.07. The lowest BCUT2D eigenvalue weighted by Gasteiger charge is -2.34. The van der Waals surface area contributed by atoms with Gasteiger partial charge in [-0.05, 0) is 45.2 Å². The molecular weight excluding hydrogens is 308 g/mol. The van der Waals surface area contributed by atoms with Gasteiger partial charge in [0.05, 0.1) is 5.69 Å². The molecule has 24 heavy (non-hydrogen) atoms. The summed E-state index contributed by atoms with van der Waals surface area (Å²) in [6, 6.07) is 4.79. The third kappa shape index (κ3) is 2.74. The van der Waals surface area contributed by atoms with Crippen LogP contribution in [0.25, 0.3) is 0 Å². The number of carbonyl (C=O) groups excluding carboxylic acids is 3. The van der Waals surface area contributed by atoms with Crippen molar-refractivity contribution in [3.8, 4) is 0 Å². The lowest BCUT2D eigenvalue weighted by atomic mass is 9.97. The Morgan fingerprint density at radius 3 is 2.83 bits per heavy atom. The molecule has 0 aromatic carbocycles. The topological polar surface area (TPSA) is 82.6 Å². The van der Waals surface area contributed by atoms with E-state index in [-0.39, 0.29) is 18.5 Å². The number of urea groups is 1. The van der Waals surface area contributed by atoms with Gasteiger partial charge in [-0.3, -0.25) is 19.5 Å². The molecule has 7 heteroatoms. The van der Waals surface area contributed by atoms with Crippen molar-refractivity contribution in [3.05, 3.63) is 30.1 Å². The summed E-state index contributed by atoms with van der Waals surface area (Å²) in [4.78, 5) is 44.5. The minimum atomic E-state index is -1.23. The first-order valence-corrected chi connectivity index (χ1v) is 8.28. The van der Waals surface area contributed by atoms with E-state index in [1.54, 1.807) is 36.2 Å². The average Bonchev–Trinajstić information content (AvgIpc) is 2.80. The van der Waals surface area contributed by atoms with E-state index in [1.165, 1.54) is 0 Å². The van der Waals surface area contributed by atoms with E-state index in [1.807, 2.05) is 6.92 Å². The van der Waals surface area contributed by atoms with Crippen LogP contribution in [0.15, 0.2) is 24.4 Å². The molecule has 0 unspecified atom stereocenters. The normalized spacial score (nSPS) is 27.3. The monoisotopic (exact) mass is 330 g/mol. The van der Waals surface area contributed by atoms with Crippen molar-refractivity contribution in [3.63, 3.8) is 0 Å². The van der Waals surface area contributed by atoms with E-state index < -0.39 is 17.5 Å². The summed E-state index contributed by atoms with van der Waals surface area (Å²) >= 11 is 0. The van der Waals surface area contributed by atoms with Gasteiger partial charge >= 0.3 is 6.03 Å². The van der Waals surface area contributed by atoms with Gasteiger partial charge < -0.3 is 10.2 Å². The first-order chi connectivity index (χ1) is 11.4. The third-order valence-electron chi connectivity index (χ3n) is 4.87. The fourth-order valence-electron chi connectivity index (χ4n) is 3.37. The second kappa shape index (κ2) is 6.22. The SMILES string of the molecule is C[C@H]1CCCCN1C(=O)CN1C(=O)N[C@](C)(c2ccccn2)C1=O. The predicted molar refractivity (Wildman–Crippen MR) is 86.9 cm³/mol. The van der Waals surface area contributed by atoms with Crippen LogP contribution in [-0.2, 0) is 15.1 Å². The molecule has 128 valence electrons. The van der Waals surface area contributed by atoms with Gasteiger partial charge in [-0.15, -0.1) is 0 Å². The first kappa shape index (κ1) is 16.4. The Balaban J connectivity index is 1.76. The van der Waals surface area contributed by atoms with Crippen molar-refractivity contribution in [2.45, 2.75) is 44.7 Å². The summed E-state index contributed by atoms with van der Waals surface area (Å²) in [5, 5.41) is 2.67. The summed E-state index contributed by atoms with van der Waals surface area (Å²) in [7, 11) is 0. The van der Waals surface area contributed by atoms with Crippen LogP contribution < -0.4 is 5.32 Å². The lowest BCUT2D eigenvalue weighted by Crippen LogP contribution is -2.48. The van der Waals surface area contributed by atoms with Gasteiger partial charge in [-0.25, -0.2) is 4.79 Å². The Labute approximate surface area is 141 Å². The van der Waals surface area contributed by atoms with Crippen LogP contribution in [0.4, 0.5) is 4.79 Å². The summed E-state index contributed by atoms with van der Waals surface area (Å²) in [5.74, 6) is -0.625. The molecule has 1 N–H and O–H groups in total. The van der Waals surface area contributed by atoms with Crippen molar-refractivity contribution in [2.75, 3.05) is 13.1 Å². The molecule has 2 aliphatic heterocycles. The maximum absolute atomic E-state index is 12.8. The van der Waals surface area contributed by atoms with Crippen LogP contribution in [0.2, 0.25) is 0 Å². The quantitative estimate of drug-likeness (QED) is 0.846. The number of hydrogen-bond donors (Lipinski definition) is 1. The number of piperidine rings is 1. The molecule has 0 bridgehead atoms. The smallest absolute Gasteiger partial charge is 0.325 e. The zero-order chi connectivity index (χ0) is 17.3. The molecule has 3 rings (SSSR count). The van der Waals surface area contributed by atoms with Crippen LogP contribution in [0, 0.1) is 0 Å². The summed E-state index contributed by atoms with van der Waals surface area (Å²) in [5.41, 5.74) is -0.767. The molecule has 0 spiro atoms. The van der Waals surface area contributed by atoms with Gasteiger partial charge in [-0.2, -0.15) is 0 Å². The Morgan fingerprint density at radius 1 is 1.38 bits per heavy atom. The maximum Gasteiger partial charge on any atom is 0.325 e. The van der Waals surface area contributed by atoms with E-state index in [2.05, 4.69) is 10.3 Å². The maximum atomic E-state index is 12.8. The zero-order valence-electron chi connectivity index (χ0n) is 14.0. The van der Waals surface area contributed by atoms with E-state index in [0.29, 0.717) is 12.2 Å². The van der Waals surface area contributed by atoms with Crippen LogP contribution in [0.1, 0.15) is 38.8 Å². The molecular formula is C17H22N4O3. The molecule has 2 aliphatic rings. The number of rotatable bonds is 3. The molecule has 2 atom stereocenters. The summed E-state index contributed by atoms with van der Waals surface area (Å²) in [6.07, 6.45) is 4.59. The van der Waals surface area contributed by atoms with Crippen molar-refractivity contribution < 1.29 is 14.4 Å². The van der Waals surface area contributed by atoms with Crippen LogP contribution in [0.3, 0.4) is 0 Å². The molecule has 0 aliphatic carbocycles. The van der Waals surface area contributed by atoms with E-state index in [0.717, 1.165) is 24.2 Å². The van der Waals surface area contributed by atoms with E-state index in [4.69, 9.17) is 0 Å². The highest BCUT2D eigenvalue weighted by Gasteiger charge is 2.50. The van der Waals surface area contributed by atoms with Gasteiger partial charge in [0.2, 0.25) is 5.91 Å². The number of amides is 4. The molecule has 0 saturated carbocycles. The van der Waals surface area contributed by atoms with E-state index >= 15 is 0 Å². The Morgan fingerprint density at radius 2 is 2.17 bits per heavy atom. The fourth-order valence-corrected chi connectivity index (χ4v) is 3.37. The third-order valence-corrected chi connectivity index (χ3v) is 4.87. The molecule has 3 heterocycles. The minimum absolute atomic E-state index is 0.147. The first-order valence-electron chi connectivity index (χ1n) is 8.28. The summed E-state index contributed by atoms with van der Waals surface area (Å²) < 4.78 is 0. The van der Waals surface area contributed by atoms with Crippen molar-refractivity contribution in [1.82, 2.24) is 20.1 Å². The van der Waals surface area contributed by atoms with E-state index in [9.17, 15) is 14.4 Å². The standard InChI is InChI=1S/C17H22N4O3/c1-12-7-4-6-10-20(12)14(22)11-21-15(23)17(2,19-16(21)24)13-8-3-5-9-18-13/h3,5,8-9,12H,4,6-7,10-11H2,1-2H3,(H,19,24)/t12-,17+/m0/s1. The van der Waals surface area contributed by atoms with Gasteiger partial charge in [0.15, 0.2) is 5.54 Å². The second-order valence-electron chi connectivity index (χ2n) is 6.59. The van der Waals surface area contributed by atoms with Crippen LogP contribution in [0.5, 0.6) is 0 Å². The molecule has 2 fully saturated rings. The molecule has 1 aromatic rings. The molecule has 0 radical (unpaired) electrons. The van der Waals surface area contributed by atoms with Crippen molar-refractivity contribution >= 4 is 17.8 Å². The number of pyridine rings is 1. The zero-order valence-corrected chi connectivity index (χ0v) is 14.0. The Bertz CT molecular complexity index is 663. The molecule has 1 aromatic heterocycles. The fraction of sp³-hybridized carbons (Fsp3) is 0.529. The Hall–Kier alpha value is -2.44. The number of nitrogens with zero attached hydrogens (tertiary/aromatic N) is 3. The van der Waals surface area contributed by atoms with Gasteiger partial charge in [0.1, 0.15) is 6.54 Å². The molecule has 4 amide bonds. The van der Waals surface area contributed by atoms with Gasteiger partial charge in [-0.1, -0.05) is 6.07 Å². The number of imide groups is 1. The highest BCUT2D eigenvalue weighted by molar-refractivity contribution is 6.08. The number of carbonyl (C=O) groups is 3. The van der Waals surface area contributed by atoms with Gasteiger partial charge in [0.25, 0.3) is 5.91 Å². The molecule has 7 nitrogen and oxygen atoms in total. The second-order valence-corrected chi connectivity index (χ2v) is 6.59. The number of nitrogens with one attached hydrogen (secondary N) is 1. The van der Waals surface area contributed by atoms with Crippen LogP contribution >= 0.6 is 0 Å². The number of hydrogen-bond acceptors (Lipinski definition) is 4. The van der Waals surface area contributed by atoms with Crippen molar-refractivity contribution in [2.24, 2.45) is 0 Å². The average molecular weight is 330 g/mol. The van der Waals surface area contributed by atoms with Crippen molar-refractivity contribution in [1.29, 1.82) is 0 Å². The minimum Gasteiger partial charge on any atom is -0.338 e. The number of likely N-dealkylation sites (tertiary alicyclic amines) is 1. The predicted octanol–water partition coefficient (Wildman–Crippen LogP) is 1.25. The van der Waals surface area contributed by atoms with Gasteiger partial charge in [0, 0.05) is 18.8 Å². The van der Waals surface area contributed by atoms with Crippen LogP contribution in [-0.4, -0.2) is 51.8 Å². The highest BCUT2D eigenvalue weighted by Crippen LogP contribution is 2.27. The highest BCUT2D eigenvalue weighted by atomic mass is 16.2. The number of aromatic nitrogens is 1. The molecule has 2 saturated heterocycles.